The number of aliphatic imine (C=N–C) groups is 1. The van der Waals surface area contributed by atoms with Crippen molar-refractivity contribution >= 4 is 17.4 Å². The van der Waals surface area contributed by atoms with Crippen LogP contribution in [0.4, 0.5) is 0 Å². The zero-order chi connectivity index (χ0) is 23.8. The zero-order valence-electron chi connectivity index (χ0n) is 20.0. The molecule has 2 N–H and O–H groups in total. The number of nitrogens with zero attached hydrogens (tertiary/aromatic N) is 8. The summed E-state index contributed by atoms with van der Waals surface area (Å²) in [6, 6.07) is 2.10. The number of H-pyrrole nitrogens is 1. The van der Waals surface area contributed by atoms with Crippen LogP contribution in [0.25, 0.3) is 16.9 Å². The standard InChI is InChI=1S/C23H30N10O/c1-13(2)19-20(16-8-14(3)22-24-12-25-33(22)9-16)30-31-21(19)23(34)27-17-6-5-7-32(10-17)11-18-26-15(4)28-29-18/h8-9,12-13,15,17H,5-7,10-11H2,1-4H3,(H,27,34)(H,30,31)/t15?,17-/m0/s1. The highest BCUT2D eigenvalue weighted by Gasteiger charge is 2.28. The average molecular weight is 463 g/mol. The fraction of sp³-hybridized carbons (Fsp3) is 0.522. The summed E-state index contributed by atoms with van der Waals surface area (Å²) < 4.78 is 1.75. The molecule has 0 bridgehead atoms. The number of likely N-dealkylation sites (tertiary alicyclic amines) is 1. The van der Waals surface area contributed by atoms with Crippen molar-refractivity contribution in [2.45, 2.75) is 58.7 Å². The second kappa shape index (κ2) is 9.05. The van der Waals surface area contributed by atoms with Gasteiger partial charge in [-0.15, -0.1) is 5.11 Å². The molecule has 11 nitrogen and oxygen atoms in total. The molecule has 0 spiro atoms. The Labute approximate surface area is 197 Å². The van der Waals surface area contributed by atoms with Gasteiger partial charge in [-0.3, -0.25) is 14.8 Å². The van der Waals surface area contributed by atoms with Crippen molar-refractivity contribution < 1.29 is 4.79 Å². The average Bonchev–Trinajstić information content (AvgIpc) is 3.53. The number of amides is 1. The van der Waals surface area contributed by atoms with Crippen LogP contribution in [-0.2, 0) is 0 Å². The molecule has 1 unspecified atom stereocenters. The molecular weight excluding hydrogens is 432 g/mol. The first kappa shape index (κ1) is 22.3. The summed E-state index contributed by atoms with van der Waals surface area (Å²) >= 11 is 0. The Balaban J connectivity index is 1.34. The lowest BCUT2D eigenvalue weighted by Crippen LogP contribution is -2.49. The molecule has 2 atom stereocenters. The van der Waals surface area contributed by atoms with Crippen LogP contribution >= 0.6 is 0 Å². The molecule has 2 aliphatic rings. The number of carbonyl (C=O) groups excluding carboxylic acids is 1. The molecule has 3 aromatic heterocycles. The van der Waals surface area contributed by atoms with Crippen molar-refractivity contribution in [2.75, 3.05) is 19.6 Å². The molecule has 3 aromatic rings. The number of aryl methyl sites for hydroxylation is 1. The SMILES string of the molecule is Cc1cc(-c2[nH]nc(C(=O)N[C@H]3CCCN(CC4=NC(C)N=N4)C3)c2C(C)C)cn2ncnc12. The fourth-order valence-corrected chi connectivity index (χ4v) is 4.80. The van der Waals surface area contributed by atoms with Gasteiger partial charge in [0.25, 0.3) is 5.91 Å². The third kappa shape index (κ3) is 4.35. The Kier molecular flexibility index (Phi) is 5.94. The highest BCUT2D eigenvalue weighted by molar-refractivity contribution is 5.96. The maximum atomic E-state index is 13.3. The van der Waals surface area contributed by atoms with Crippen LogP contribution in [-0.4, -0.2) is 73.3 Å². The zero-order valence-corrected chi connectivity index (χ0v) is 20.0. The van der Waals surface area contributed by atoms with E-state index in [9.17, 15) is 4.79 Å². The Morgan fingerprint density at radius 2 is 2.21 bits per heavy atom. The number of nitrogens with one attached hydrogen (secondary N) is 2. The van der Waals surface area contributed by atoms with E-state index in [2.05, 4.69) is 59.6 Å². The number of aromatic amines is 1. The van der Waals surface area contributed by atoms with Gasteiger partial charge in [-0.05, 0) is 50.8 Å². The molecule has 0 radical (unpaired) electrons. The van der Waals surface area contributed by atoms with Gasteiger partial charge in [0, 0.05) is 29.9 Å². The van der Waals surface area contributed by atoms with Crippen molar-refractivity contribution in [3.05, 3.63) is 35.4 Å². The smallest absolute Gasteiger partial charge is 0.272 e. The number of carbonyl (C=O) groups is 1. The van der Waals surface area contributed by atoms with Crippen LogP contribution in [0.3, 0.4) is 0 Å². The first-order valence-corrected chi connectivity index (χ1v) is 11.8. The summed E-state index contributed by atoms with van der Waals surface area (Å²) in [7, 11) is 0. The predicted octanol–water partition coefficient (Wildman–Crippen LogP) is 2.96. The molecule has 0 aromatic carbocycles. The van der Waals surface area contributed by atoms with E-state index < -0.39 is 0 Å². The number of hydrogen-bond donors (Lipinski definition) is 2. The van der Waals surface area contributed by atoms with E-state index in [-0.39, 0.29) is 24.0 Å². The summed E-state index contributed by atoms with van der Waals surface area (Å²) in [6.07, 6.45) is 5.30. The molecule has 0 aliphatic carbocycles. The summed E-state index contributed by atoms with van der Waals surface area (Å²) in [6.45, 7) is 10.5. The Hall–Kier alpha value is -3.47. The summed E-state index contributed by atoms with van der Waals surface area (Å²) in [5.74, 6) is 0.720. The molecule has 34 heavy (non-hydrogen) atoms. The lowest BCUT2D eigenvalue weighted by atomic mass is 9.96. The molecule has 5 heterocycles. The predicted molar refractivity (Wildman–Crippen MR) is 128 cm³/mol. The number of aromatic nitrogens is 5. The van der Waals surface area contributed by atoms with Crippen molar-refractivity contribution in [2.24, 2.45) is 15.2 Å². The van der Waals surface area contributed by atoms with Gasteiger partial charge >= 0.3 is 0 Å². The number of amidine groups is 1. The van der Waals surface area contributed by atoms with E-state index in [0.29, 0.717) is 12.2 Å². The number of hydrogen-bond acceptors (Lipinski definition) is 8. The van der Waals surface area contributed by atoms with Crippen molar-refractivity contribution in [3.63, 3.8) is 0 Å². The Morgan fingerprint density at radius 3 is 2.97 bits per heavy atom. The molecule has 5 rings (SSSR count). The normalized spacial score (nSPS) is 20.9. The summed E-state index contributed by atoms with van der Waals surface area (Å²) in [4.78, 5) is 24.3. The Bertz CT molecular complexity index is 1270. The number of piperidine rings is 1. The van der Waals surface area contributed by atoms with E-state index in [1.54, 1.807) is 4.52 Å². The first-order chi connectivity index (χ1) is 16.4. The quantitative estimate of drug-likeness (QED) is 0.582. The topological polar surface area (TPSA) is 128 Å². The lowest BCUT2D eigenvalue weighted by molar-refractivity contribution is 0.0903. The van der Waals surface area contributed by atoms with Crippen molar-refractivity contribution in [1.82, 2.24) is 35.0 Å². The van der Waals surface area contributed by atoms with Gasteiger partial charge in [-0.1, -0.05) is 13.8 Å². The van der Waals surface area contributed by atoms with Crippen molar-refractivity contribution in [1.29, 1.82) is 0 Å². The summed E-state index contributed by atoms with van der Waals surface area (Å²) in [5.41, 5.74) is 4.93. The molecule has 1 fully saturated rings. The van der Waals surface area contributed by atoms with E-state index in [1.807, 2.05) is 26.1 Å². The van der Waals surface area contributed by atoms with Crippen LogP contribution in [0.1, 0.15) is 61.1 Å². The first-order valence-electron chi connectivity index (χ1n) is 11.8. The number of azo groups is 1. The third-order valence-corrected chi connectivity index (χ3v) is 6.33. The fourth-order valence-electron chi connectivity index (χ4n) is 4.80. The number of pyridine rings is 1. The van der Waals surface area contributed by atoms with Gasteiger partial charge in [0.05, 0.1) is 12.2 Å². The maximum absolute atomic E-state index is 13.3. The van der Waals surface area contributed by atoms with Gasteiger partial charge in [0.2, 0.25) is 0 Å². The second-order valence-electron chi connectivity index (χ2n) is 9.40. The van der Waals surface area contributed by atoms with Gasteiger partial charge in [-0.2, -0.15) is 15.3 Å². The summed E-state index contributed by atoms with van der Waals surface area (Å²) in [5, 5.41) is 23.3. The second-order valence-corrected chi connectivity index (χ2v) is 9.40. The van der Waals surface area contributed by atoms with E-state index in [0.717, 1.165) is 59.8 Å². The van der Waals surface area contributed by atoms with Crippen molar-refractivity contribution in [3.8, 4) is 11.3 Å². The molecule has 1 saturated heterocycles. The number of rotatable bonds is 6. The highest BCUT2D eigenvalue weighted by Crippen LogP contribution is 2.31. The molecule has 0 saturated carbocycles. The van der Waals surface area contributed by atoms with Gasteiger partial charge in [0.1, 0.15) is 6.33 Å². The Morgan fingerprint density at radius 1 is 1.35 bits per heavy atom. The van der Waals surface area contributed by atoms with Crippen LogP contribution in [0, 0.1) is 6.92 Å². The minimum Gasteiger partial charge on any atom is -0.347 e. The van der Waals surface area contributed by atoms with E-state index in [1.165, 1.54) is 6.33 Å². The van der Waals surface area contributed by atoms with Crippen LogP contribution in [0.15, 0.2) is 33.8 Å². The monoisotopic (exact) mass is 462 g/mol. The molecule has 178 valence electrons. The van der Waals surface area contributed by atoms with Crippen LogP contribution in [0.2, 0.25) is 0 Å². The minimum absolute atomic E-state index is 0.0477. The minimum atomic E-state index is -0.150. The third-order valence-electron chi connectivity index (χ3n) is 6.33. The van der Waals surface area contributed by atoms with Crippen LogP contribution < -0.4 is 5.32 Å². The largest absolute Gasteiger partial charge is 0.347 e. The molecule has 11 heteroatoms. The lowest BCUT2D eigenvalue weighted by Gasteiger charge is -2.32. The number of fused-ring (bicyclic) bond motifs is 1. The molecule has 2 aliphatic heterocycles. The van der Waals surface area contributed by atoms with Gasteiger partial charge in [-0.25, -0.2) is 14.5 Å². The van der Waals surface area contributed by atoms with Crippen LogP contribution in [0.5, 0.6) is 0 Å². The van der Waals surface area contributed by atoms with E-state index >= 15 is 0 Å². The van der Waals surface area contributed by atoms with Gasteiger partial charge in [0.15, 0.2) is 23.3 Å². The maximum Gasteiger partial charge on any atom is 0.272 e. The van der Waals surface area contributed by atoms with E-state index in [4.69, 9.17) is 0 Å². The molecular formula is C23H30N10O. The van der Waals surface area contributed by atoms with Gasteiger partial charge < -0.3 is 5.32 Å². The highest BCUT2D eigenvalue weighted by atomic mass is 16.2. The molecule has 1 amide bonds.